The Morgan fingerprint density at radius 2 is 1.94 bits per heavy atom. The number of nitrogens with one attached hydrogen (secondary N) is 1. The van der Waals surface area contributed by atoms with Crippen molar-refractivity contribution < 1.29 is 9.53 Å². The molecule has 2 aromatic carbocycles. The van der Waals surface area contributed by atoms with Crippen LogP contribution in [0, 0.1) is 25.2 Å². The Bertz CT molecular complexity index is 1250. The van der Waals surface area contributed by atoms with Gasteiger partial charge in [-0.15, -0.1) is 0 Å². The summed E-state index contributed by atoms with van der Waals surface area (Å²) in [6.45, 7) is 5.70. The zero-order valence-corrected chi connectivity index (χ0v) is 17.4. The van der Waals surface area contributed by atoms with E-state index in [1.807, 2.05) is 44.2 Å². The molecule has 1 N–H and O–H groups in total. The van der Waals surface area contributed by atoms with E-state index in [0.29, 0.717) is 23.6 Å². The van der Waals surface area contributed by atoms with Crippen molar-refractivity contribution in [1.82, 2.24) is 15.2 Å². The fourth-order valence-corrected chi connectivity index (χ4v) is 3.00. The lowest BCUT2D eigenvalue weighted by atomic mass is 10.1. The number of ether oxygens (including phenoxy) is 1. The van der Waals surface area contributed by atoms with Crippen molar-refractivity contribution >= 4 is 12.1 Å². The third-order valence-corrected chi connectivity index (χ3v) is 4.60. The van der Waals surface area contributed by atoms with E-state index in [4.69, 9.17) is 4.74 Å². The van der Waals surface area contributed by atoms with E-state index in [1.165, 1.54) is 13.1 Å². The number of aromatic nitrogens is 2. The number of rotatable bonds is 6. The summed E-state index contributed by atoms with van der Waals surface area (Å²) in [4.78, 5) is 25.5. The SMILES string of the molecule is CCOc1ccccc1/C=N/NC(=O)c1nn(-c2ccccc2C)c(=O)c(C#N)c1C. The summed E-state index contributed by atoms with van der Waals surface area (Å²) in [6.07, 6.45) is 1.46. The predicted molar refractivity (Wildman–Crippen MR) is 117 cm³/mol. The Morgan fingerprint density at radius 1 is 1.23 bits per heavy atom. The summed E-state index contributed by atoms with van der Waals surface area (Å²) in [6, 6.07) is 16.2. The number of hydrogen-bond donors (Lipinski definition) is 1. The minimum atomic E-state index is -0.638. The van der Waals surface area contributed by atoms with Crippen molar-refractivity contribution in [2.24, 2.45) is 5.10 Å². The highest BCUT2D eigenvalue weighted by Crippen LogP contribution is 2.16. The van der Waals surface area contributed by atoms with E-state index in [-0.39, 0.29) is 16.8 Å². The van der Waals surface area contributed by atoms with Gasteiger partial charge in [-0.2, -0.15) is 20.1 Å². The van der Waals surface area contributed by atoms with Crippen molar-refractivity contribution in [3.63, 3.8) is 0 Å². The van der Waals surface area contributed by atoms with Crippen molar-refractivity contribution in [3.05, 3.63) is 86.8 Å². The van der Waals surface area contributed by atoms with Crippen LogP contribution in [0.2, 0.25) is 0 Å². The first-order valence-electron chi connectivity index (χ1n) is 9.63. The summed E-state index contributed by atoms with van der Waals surface area (Å²) >= 11 is 0. The molecule has 0 aliphatic heterocycles. The van der Waals surface area contributed by atoms with Crippen molar-refractivity contribution in [1.29, 1.82) is 5.26 Å². The van der Waals surface area contributed by atoms with Crippen LogP contribution in [-0.4, -0.2) is 28.5 Å². The summed E-state index contributed by atoms with van der Waals surface area (Å²) in [7, 11) is 0. The summed E-state index contributed by atoms with van der Waals surface area (Å²) in [5.41, 5.74) is 3.78. The van der Waals surface area contributed by atoms with Gasteiger partial charge in [-0.3, -0.25) is 9.59 Å². The predicted octanol–water partition coefficient (Wildman–Crippen LogP) is 2.88. The average molecular weight is 415 g/mol. The van der Waals surface area contributed by atoms with Gasteiger partial charge in [0.05, 0.1) is 18.5 Å². The molecule has 156 valence electrons. The van der Waals surface area contributed by atoms with Gasteiger partial charge < -0.3 is 4.74 Å². The molecule has 0 saturated heterocycles. The van der Waals surface area contributed by atoms with Crippen molar-refractivity contribution in [3.8, 4) is 17.5 Å². The quantitative estimate of drug-likeness (QED) is 0.492. The zero-order valence-electron chi connectivity index (χ0n) is 17.4. The van der Waals surface area contributed by atoms with Crippen LogP contribution in [-0.2, 0) is 0 Å². The number of nitriles is 1. The number of amides is 1. The molecule has 1 aromatic heterocycles. The van der Waals surface area contributed by atoms with Crippen LogP contribution >= 0.6 is 0 Å². The number of carbonyl (C=O) groups excluding carboxylic acids is 1. The molecule has 3 rings (SSSR count). The van der Waals surface area contributed by atoms with Crippen LogP contribution in [0.3, 0.4) is 0 Å². The van der Waals surface area contributed by atoms with E-state index < -0.39 is 11.5 Å². The summed E-state index contributed by atoms with van der Waals surface area (Å²) in [5, 5.41) is 17.7. The van der Waals surface area contributed by atoms with Crippen LogP contribution in [0.25, 0.3) is 5.69 Å². The molecule has 8 heteroatoms. The van der Waals surface area contributed by atoms with Gasteiger partial charge in [-0.25, -0.2) is 5.43 Å². The van der Waals surface area contributed by atoms with Gasteiger partial charge in [0.1, 0.15) is 17.4 Å². The summed E-state index contributed by atoms with van der Waals surface area (Å²) in [5.74, 6) is -0.00125. The molecule has 0 saturated carbocycles. The molecule has 0 aliphatic carbocycles. The fraction of sp³-hybridized carbons (Fsp3) is 0.174. The molecular formula is C23H21N5O3. The molecule has 0 aliphatic rings. The molecule has 31 heavy (non-hydrogen) atoms. The molecule has 1 heterocycles. The van der Waals surface area contributed by atoms with Crippen LogP contribution in [0.5, 0.6) is 5.75 Å². The highest BCUT2D eigenvalue weighted by molar-refractivity contribution is 5.95. The first-order valence-corrected chi connectivity index (χ1v) is 9.63. The van der Waals surface area contributed by atoms with Gasteiger partial charge in [-0.1, -0.05) is 30.3 Å². The third kappa shape index (κ3) is 4.51. The van der Waals surface area contributed by atoms with Gasteiger partial charge >= 0.3 is 0 Å². The molecule has 3 aromatic rings. The Balaban J connectivity index is 1.97. The highest BCUT2D eigenvalue weighted by Gasteiger charge is 2.20. The fourth-order valence-electron chi connectivity index (χ4n) is 3.00. The average Bonchev–Trinajstić information content (AvgIpc) is 2.76. The number of hydrazone groups is 1. The monoisotopic (exact) mass is 415 g/mol. The Labute approximate surface area is 179 Å². The van der Waals surface area contributed by atoms with Gasteiger partial charge in [0.2, 0.25) is 0 Å². The van der Waals surface area contributed by atoms with Crippen LogP contribution in [0.1, 0.15) is 39.7 Å². The maximum Gasteiger partial charge on any atom is 0.292 e. The lowest BCUT2D eigenvalue weighted by Gasteiger charge is -2.12. The van der Waals surface area contributed by atoms with Gasteiger partial charge in [0.25, 0.3) is 11.5 Å². The molecule has 0 spiro atoms. The van der Waals surface area contributed by atoms with Gasteiger partial charge in [0.15, 0.2) is 5.69 Å². The number of para-hydroxylation sites is 2. The first kappa shape index (κ1) is 21.5. The highest BCUT2D eigenvalue weighted by atomic mass is 16.5. The standard InChI is InChI=1S/C23H21N5O3/c1-4-31-20-12-8-6-10-17(20)14-25-26-22(29)21-16(3)18(13-24)23(30)28(27-21)19-11-7-5-9-15(19)2/h5-12,14H,4H2,1-3H3,(H,26,29)/b25-14+. The Kier molecular flexibility index (Phi) is 6.58. The van der Waals surface area contributed by atoms with Crippen LogP contribution in [0.4, 0.5) is 0 Å². The lowest BCUT2D eigenvalue weighted by molar-refractivity contribution is 0.0947. The van der Waals surface area contributed by atoms with Gasteiger partial charge in [-0.05, 0) is 44.5 Å². The minimum absolute atomic E-state index is 0.0605. The molecule has 1 amide bonds. The van der Waals surface area contributed by atoms with E-state index in [1.54, 1.807) is 24.3 Å². The second-order valence-electron chi connectivity index (χ2n) is 6.63. The van der Waals surface area contributed by atoms with Crippen LogP contribution in [0.15, 0.2) is 58.4 Å². The molecule has 0 radical (unpaired) electrons. The topological polar surface area (TPSA) is 109 Å². The molecule has 0 bridgehead atoms. The zero-order chi connectivity index (χ0) is 22.4. The molecular weight excluding hydrogens is 394 g/mol. The van der Waals surface area contributed by atoms with E-state index in [9.17, 15) is 14.9 Å². The molecule has 0 atom stereocenters. The van der Waals surface area contributed by atoms with Crippen molar-refractivity contribution in [2.45, 2.75) is 20.8 Å². The first-order chi connectivity index (χ1) is 15.0. The Hall–Kier alpha value is -4.25. The molecule has 0 unspecified atom stereocenters. The van der Waals surface area contributed by atoms with E-state index in [0.717, 1.165) is 10.2 Å². The smallest absolute Gasteiger partial charge is 0.292 e. The van der Waals surface area contributed by atoms with Crippen molar-refractivity contribution in [2.75, 3.05) is 6.61 Å². The van der Waals surface area contributed by atoms with E-state index >= 15 is 0 Å². The normalized spacial score (nSPS) is 10.6. The molecule has 0 fully saturated rings. The minimum Gasteiger partial charge on any atom is -0.493 e. The number of nitrogens with zero attached hydrogens (tertiary/aromatic N) is 4. The maximum atomic E-state index is 12.8. The number of aryl methyl sites for hydroxylation is 1. The van der Waals surface area contributed by atoms with Gasteiger partial charge in [0, 0.05) is 11.1 Å². The molecule has 8 nitrogen and oxygen atoms in total. The maximum absolute atomic E-state index is 12.8. The van der Waals surface area contributed by atoms with E-state index in [2.05, 4.69) is 15.6 Å². The summed E-state index contributed by atoms with van der Waals surface area (Å²) < 4.78 is 6.60. The van der Waals surface area contributed by atoms with Crippen LogP contribution < -0.4 is 15.7 Å². The second kappa shape index (κ2) is 9.50. The number of benzene rings is 2. The number of carbonyl (C=O) groups is 1. The second-order valence-corrected chi connectivity index (χ2v) is 6.63. The third-order valence-electron chi connectivity index (χ3n) is 4.60. The number of hydrogen-bond acceptors (Lipinski definition) is 6. The Morgan fingerprint density at radius 3 is 2.65 bits per heavy atom. The lowest BCUT2D eigenvalue weighted by Crippen LogP contribution is -2.31. The largest absolute Gasteiger partial charge is 0.493 e.